The molecular formula is C19H19NO3. The predicted octanol–water partition coefficient (Wildman–Crippen LogP) is 4.15. The molecule has 2 aromatic carbocycles. The van der Waals surface area contributed by atoms with Crippen LogP contribution in [0.15, 0.2) is 54.6 Å². The summed E-state index contributed by atoms with van der Waals surface area (Å²) in [5.74, 6) is -0.772. The monoisotopic (exact) mass is 309 g/mol. The lowest BCUT2D eigenvalue weighted by Gasteiger charge is -2.22. The van der Waals surface area contributed by atoms with Crippen LogP contribution in [0.1, 0.15) is 58.6 Å². The number of hydroxylamine groups is 2. The summed E-state index contributed by atoms with van der Waals surface area (Å²) in [5, 5.41) is 0.915. The van der Waals surface area contributed by atoms with Gasteiger partial charge < -0.3 is 0 Å². The molecule has 2 amide bonds. The van der Waals surface area contributed by atoms with Crippen molar-refractivity contribution in [3.05, 3.63) is 71.3 Å². The highest BCUT2D eigenvalue weighted by atomic mass is 16.7. The zero-order valence-corrected chi connectivity index (χ0v) is 13.1. The molecule has 118 valence electrons. The smallest absolute Gasteiger partial charge is 0.266 e. The lowest BCUT2D eigenvalue weighted by molar-refractivity contribution is -0.137. The summed E-state index contributed by atoms with van der Waals surface area (Å²) >= 11 is 0. The van der Waals surface area contributed by atoms with E-state index in [9.17, 15) is 9.59 Å². The molecule has 0 aromatic heterocycles. The molecular weight excluding hydrogens is 290 g/mol. The maximum Gasteiger partial charge on any atom is 0.285 e. The molecule has 0 spiro atoms. The molecule has 0 fully saturated rings. The van der Waals surface area contributed by atoms with E-state index in [2.05, 4.69) is 6.92 Å². The van der Waals surface area contributed by atoms with Crippen LogP contribution < -0.4 is 0 Å². The van der Waals surface area contributed by atoms with Crippen LogP contribution in [-0.4, -0.2) is 16.9 Å². The van der Waals surface area contributed by atoms with Gasteiger partial charge >= 0.3 is 0 Å². The van der Waals surface area contributed by atoms with Crippen LogP contribution in [0.3, 0.4) is 0 Å². The van der Waals surface area contributed by atoms with Crippen LogP contribution in [0.25, 0.3) is 0 Å². The van der Waals surface area contributed by atoms with Crippen LogP contribution >= 0.6 is 0 Å². The minimum atomic E-state index is -0.386. The van der Waals surface area contributed by atoms with E-state index in [1.807, 2.05) is 30.3 Å². The summed E-state index contributed by atoms with van der Waals surface area (Å²) in [6.45, 7) is 2.10. The molecule has 0 radical (unpaired) electrons. The number of fused-ring (bicyclic) bond motifs is 1. The van der Waals surface area contributed by atoms with Crippen molar-refractivity contribution in [3.63, 3.8) is 0 Å². The zero-order chi connectivity index (χ0) is 16.2. The molecule has 0 saturated heterocycles. The maximum absolute atomic E-state index is 12.4. The number of nitrogens with zero attached hydrogens (tertiary/aromatic N) is 1. The second-order valence-corrected chi connectivity index (χ2v) is 5.60. The third-order valence-electron chi connectivity index (χ3n) is 3.98. The second kappa shape index (κ2) is 6.75. The molecule has 2 aromatic rings. The number of amides is 2. The summed E-state index contributed by atoms with van der Waals surface area (Å²) in [7, 11) is 0. The summed E-state index contributed by atoms with van der Waals surface area (Å²) < 4.78 is 0. The summed E-state index contributed by atoms with van der Waals surface area (Å²) in [6.07, 6.45) is 2.43. The van der Waals surface area contributed by atoms with Crippen molar-refractivity contribution in [3.8, 4) is 0 Å². The van der Waals surface area contributed by atoms with Crippen LogP contribution in [-0.2, 0) is 4.84 Å². The van der Waals surface area contributed by atoms with Gasteiger partial charge in [0.2, 0.25) is 0 Å². The lowest BCUT2D eigenvalue weighted by atomic mass is 10.0. The summed E-state index contributed by atoms with van der Waals surface area (Å²) in [6, 6.07) is 16.5. The first kappa shape index (κ1) is 15.4. The largest absolute Gasteiger partial charge is 0.285 e. The van der Waals surface area contributed by atoms with Gasteiger partial charge in [0.25, 0.3) is 11.8 Å². The minimum absolute atomic E-state index is 0.307. The SMILES string of the molecule is CCCCC(ON1C(=O)c2ccccc2C1=O)c1ccccc1. The fraction of sp³-hybridized carbons (Fsp3) is 0.263. The van der Waals surface area contributed by atoms with Gasteiger partial charge in [-0.3, -0.25) is 14.4 Å². The summed E-state index contributed by atoms with van der Waals surface area (Å²) in [5.41, 5.74) is 1.78. The van der Waals surface area contributed by atoms with E-state index in [4.69, 9.17) is 4.84 Å². The van der Waals surface area contributed by atoms with E-state index >= 15 is 0 Å². The Balaban J connectivity index is 1.84. The molecule has 23 heavy (non-hydrogen) atoms. The molecule has 0 bridgehead atoms. The first-order chi connectivity index (χ1) is 11.2. The Morgan fingerprint density at radius 1 is 0.913 bits per heavy atom. The maximum atomic E-state index is 12.4. The molecule has 4 nitrogen and oxygen atoms in total. The number of carbonyl (C=O) groups excluding carboxylic acids is 2. The van der Waals surface area contributed by atoms with Gasteiger partial charge in [-0.25, -0.2) is 0 Å². The average molecular weight is 309 g/mol. The van der Waals surface area contributed by atoms with Gasteiger partial charge in [0.15, 0.2) is 0 Å². The van der Waals surface area contributed by atoms with Crippen molar-refractivity contribution < 1.29 is 14.4 Å². The molecule has 0 saturated carbocycles. The molecule has 1 atom stereocenters. The number of hydrogen-bond acceptors (Lipinski definition) is 3. The van der Waals surface area contributed by atoms with Crippen molar-refractivity contribution in [1.29, 1.82) is 0 Å². The summed E-state index contributed by atoms with van der Waals surface area (Å²) in [4.78, 5) is 30.7. The minimum Gasteiger partial charge on any atom is -0.266 e. The van der Waals surface area contributed by atoms with Crippen molar-refractivity contribution in [2.24, 2.45) is 0 Å². The highest BCUT2D eigenvalue weighted by molar-refractivity contribution is 6.20. The normalized spacial score (nSPS) is 14.9. The number of benzene rings is 2. The number of carbonyl (C=O) groups is 2. The second-order valence-electron chi connectivity index (χ2n) is 5.60. The van der Waals surface area contributed by atoms with Gasteiger partial charge in [0, 0.05) is 0 Å². The van der Waals surface area contributed by atoms with Crippen LogP contribution in [0.4, 0.5) is 0 Å². The Morgan fingerprint density at radius 2 is 1.48 bits per heavy atom. The van der Waals surface area contributed by atoms with E-state index in [0.29, 0.717) is 11.1 Å². The van der Waals surface area contributed by atoms with Gasteiger partial charge in [-0.2, -0.15) is 0 Å². The quantitative estimate of drug-likeness (QED) is 0.753. The Bertz CT molecular complexity index is 677. The first-order valence-corrected chi connectivity index (χ1v) is 7.92. The van der Waals surface area contributed by atoms with Gasteiger partial charge in [-0.05, 0) is 24.1 Å². The van der Waals surface area contributed by atoms with Crippen LogP contribution in [0.5, 0.6) is 0 Å². The molecule has 4 heteroatoms. The average Bonchev–Trinajstić information content (AvgIpc) is 2.84. The van der Waals surface area contributed by atoms with E-state index in [1.54, 1.807) is 24.3 Å². The standard InChI is InChI=1S/C19H19NO3/c1-2-3-13-17(14-9-5-4-6-10-14)23-20-18(21)15-11-7-8-12-16(15)19(20)22/h4-12,17H,2-3,13H2,1H3. The lowest BCUT2D eigenvalue weighted by Crippen LogP contribution is -2.31. The number of imide groups is 1. The third-order valence-corrected chi connectivity index (χ3v) is 3.98. The van der Waals surface area contributed by atoms with Crippen LogP contribution in [0.2, 0.25) is 0 Å². The predicted molar refractivity (Wildman–Crippen MR) is 86.7 cm³/mol. The van der Waals surface area contributed by atoms with Gasteiger partial charge in [0.1, 0.15) is 6.10 Å². The van der Waals surface area contributed by atoms with Crippen molar-refractivity contribution in [2.75, 3.05) is 0 Å². The number of rotatable bonds is 6. The first-order valence-electron chi connectivity index (χ1n) is 7.92. The molecule has 0 N–H and O–H groups in total. The fourth-order valence-electron chi connectivity index (χ4n) is 2.73. The topological polar surface area (TPSA) is 46.6 Å². The molecule has 0 aliphatic carbocycles. The van der Waals surface area contributed by atoms with E-state index < -0.39 is 0 Å². The zero-order valence-electron chi connectivity index (χ0n) is 13.1. The van der Waals surface area contributed by atoms with Crippen molar-refractivity contribution >= 4 is 11.8 Å². The molecule has 1 aliphatic heterocycles. The Hall–Kier alpha value is -2.46. The van der Waals surface area contributed by atoms with E-state index in [1.165, 1.54) is 0 Å². The molecule has 1 aliphatic rings. The molecule has 1 heterocycles. The van der Waals surface area contributed by atoms with E-state index in [-0.39, 0.29) is 17.9 Å². The van der Waals surface area contributed by atoms with Gasteiger partial charge in [-0.15, -0.1) is 5.06 Å². The van der Waals surface area contributed by atoms with Crippen LogP contribution in [0, 0.1) is 0 Å². The molecule has 1 unspecified atom stereocenters. The fourth-order valence-corrected chi connectivity index (χ4v) is 2.73. The highest BCUT2D eigenvalue weighted by Gasteiger charge is 2.38. The Kier molecular flexibility index (Phi) is 4.53. The highest BCUT2D eigenvalue weighted by Crippen LogP contribution is 2.30. The number of hydrogen-bond donors (Lipinski definition) is 0. The number of unbranched alkanes of at least 4 members (excludes halogenated alkanes) is 1. The van der Waals surface area contributed by atoms with E-state index in [0.717, 1.165) is 29.9 Å². The van der Waals surface area contributed by atoms with Gasteiger partial charge in [0.05, 0.1) is 11.1 Å². The van der Waals surface area contributed by atoms with Crippen molar-refractivity contribution in [1.82, 2.24) is 5.06 Å². The Morgan fingerprint density at radius 3 is 2.04 bits per heavy atom. The third kappa shape index (κ3) is 3.03. The van der Waals surface area contributed by atoms with Crippen molar-refractivity contribution in [2.45, 2.75) is 32.3 Å². The Labute approximate surface area is 135 Å². The van der Waals surface area contributed by atoms with Gasteiger partial charge in [-0.1, -0.05) is 62.2 Å². The molecule has 3 rings (SSSR count).